The van der Waals surface area contributed by atoms with Gasteiger partial charge in [-0.3, -0.25) is 0 Å². The molecule has 0 saturated heterocycles. The van der Waals surface area contributed by atoms with Gasteiger partial charge in [-0.15, -0.1) is 0 Å². The molecule has 0 aliphatic carbocycles. The lowest BCUT2D eigenvalue weighted by Crippen LogP contribution is -2.23. The predicted octanol–water partition coefficient (Wildman–Crippen LogP) is 1.42. The van der Waals surface area contributed by atoms with Gasteiger partial charge in [0.05, 0.1) is 0 Å². The first kappa shape index (κ1) is 13.9. The van der Waals surface area contributed by atoms with Gasteiger partial charge in [-0.05, 0) is 13.0 Å². The van der Waals surface area contributed by atoms with Gasteiger partial charge in [0.15, 0.2) is 0 Å². The van der Waals surface area contributed by atoms with Crippen LogP contribution in [0.3, 0.4) is 0 Å². The Hall–Kier alpha value is -0.0731. The molecule has 0 rings (SSSR count). The zero-order valence-corrected chi connectivity index (χ0v) is 9.16. The Bertz CT molecular complexity index is 130. The van der Waals surface area contributed by atoms with Gasteiger partial charge in [0.25, 0.3) is 0 Å². The molecule has 0 fully saturated rings. The van der Waals surface area contributed by atoms with Crippen molar-refractivity contribution >= 4 is 9.52 Å². The maximum atomic E-state index is 11.7. The highest BCUT2D eigenvalue weighted by molar-refractivity contribution is 6.35. The first-order chi connectivity index (χ1) is 6.56. The summed E-state index contributed by atoms with van der Waals surface area (Å²) >= 11 is 0. The van der Waals surface area contributed by atoms with E-state index in [0.29, 0.717) is 16.1 Å². The quantitative estimate of drug-likeness (QED) is 0.485. The number of alkyl halides is 3. The first-order valence-electron chi connectivity index (χ1n) is 4.74. The summed E-state index contributed by atoms with van der Waals surface area (Å²) in [6.45, 7) is 2.25. The molecule has 0 spiro atoms. The highest BCUT2D eigenvalue weighted by Gasteiger charge is 2.25. The highest BCUT2D eigenvalue weighted by Crippen LogP contribution is 2.21. The lowest BCUT2D eigenvalue weighted by molar-refractivity contribution is -0.130. The van der Waals surface area contributed by atoms with Gasteiger partial charge >= 0.3 is 6.18 Å². The van der Waals surface area contributed by atoms with Crippen LogP contribution >= 0.6 is 0 Å². The van der Waals surface area contributed by atoms with Crippen LogP contribution in [0.2, 0.25) is 12.1 Å². The molecule has 0 aromatic rings. The molecule has 84 valence electrons. The fourth-order valence-corrected chi connectivity index (χ4v) is 2.06. The van der Waals surface area contributed by atoms with Gasteiger partial charge in [0, 0.05) is 29.0 Å². The fraction of sp³-hybridized carbons (Fsp3) is 1.00. The molecule has 0 amide bonds. The summed E-state index contributed by atoms with van der Waals surface area (Å²) in [5.74, 6) is 0. The Morgan fingerprint density at radius 3 is 2.43 bits per heavy atom. The summed E-state index contributed by atoms with van der Waals surface area (Å²) in [6.07, 6.45) is -3.68. The average molecular weight is 226 g/mol. The van der Waals surface area contributed by atoms with Gasteiger partial charge < -0.3 is 11.1 Å². The summed E-state index contributed by atoms with van der Waals surface area (Å²) in [4.78, 5) is 0. The molecule has 0 unspecified atom stereocenters. The molecule has 0 bridgehead atoms. The molecule has 0 aromatic heterocycles. The van der Waals surface area contributed by atoms with Crippen LogP contribution in [0, 0.1) is 0 Å². The maximum Gasteiger partial charge on any atom is 0.388 e. The van der Waals surface area contributed by atoms with Crippen LogP contribution in [0.5, 0.6) is 0 Å². The Morgan fingerprint density at radius 1 is 1.14 bits per heavy atom. The minimum atomic E-state index is -3.98. The molecule has 0 saturated carbocycles. The third-order valence-corrected chi connectivity index (χ3v) is 2.92. The molecular formula is C8H17F3N2Si. The van der Waals surface area contributed by atoms with Crippen LogP contribution < -0.4 is 11.1 Å². The van der Waals surface area contributed by atoms with Gasteiger partial charge in [-0.2, -0.15) is 13.2 Å². The second-order valence-corrected chi connectivity index (χ2v) is 4.51. The van der Waals surface area contributed by atoms with E-state index in [1.54, 1.807) is 0 Å². The van der Waals surface area contributed by atoms with Crippen LogP contribution in [-0.2, 0) is 0 Å². The molecule has 0 aliphatic heterocycles. The second kappa shape index (κ2) is 8.25. The molecule has 0 heterocycles. The molecular weight excluding hydrogens is 209 g/mol. The van der Waals surface area contributed by atoms with Gasteiger partial charge in [0.2, 0.25) is 0 Å². The van der Waals surface area contributed by atoms with Crippen molar-refractivity contribution in [1.82, 2.24) is 5.32 Å². The SMILES string of the molecule is NCCNCCC[Si]CCC(F)(F)F. The number of hydrogen-bond acceptors (Lipinski definition) is 2. The number of nitrogens with one attached hydrogen (secondary N) is 1. The zero-order valence-electron chi connectivity index (χ0n) is 8.16. The smallest absolute Gasteiger partial charge is 0.329 e. The summed E-state index contributed by atoms with van der Waals surface area (Å²) < 4.78 is 35.1. The minimum Gasteiger partial charge on any atom is -0.329 e. The lowest BCUT2D eigenvalue weighted by atomic mass is 10.4. The third-order valence-electron chi connectivity index (χ3n) is 1.61. The fourth-order valence-electron chi connectivity index (χ4n) is 0.921. The monoisotopic (exact) mass is 226 g/mol. The van der Waals surface area contributed by atoms with E-state index in [0.717, 1.165) is 25.6 Å². The van der Waals surface area contributed by atoms with Crippen molar-refractivity contribution in [3.63, 3.8) is 0 Å². The van der Waals surface area contributed by atoms with Crippen molar-refractivity contribution in [2.45, 2.75) is 31.1 Å². The molecule has 0 atom stereocenters. The van der Waals surface area contributed by atoms with Crippen molar-refractivity contribution in [3.05, 3.63) is 0 Å². The van der Waals surface area contributed by atoms with Gasteiger partial charge in [0.1, 0.15) is 0 Å². The van der Waals surface area contributed by atoms with Crippen LogP contribution in [-0.4, -0.2) is 35.3 Å². The molecule has 14 heavy (non-hydrogen) atoms. The van der Waals surface area contributed by atoms with Crippen molar-refractivity contribution in [2.24, 2.45) is 5.73 Å². The lowest BCUT2D eigenvalue weighted by Gasteiger charge is -2.05. The van der Waals surface area contributed by atoms with Crippen LogP contribution in [0.4, 0.5) is 13.2 Å². The maximum absolute atomic E-state index is 11.7. The number of rotatable bonds is 8. The van der Waals surface area contributed by atoms with E-state index in [1.807, 2.05) is 0 Å². The Kier molecular flexibility index (Phi) is 8.21. The molecule has 3 N–H and O–H groups in total. The van der Waals surface area contributed by atoms with Crippen molar-refractivity contribution < 1.29 is 13.2 Å². The summed E-state index contributed by atoms with van der Waals surface area (Å²) in [5.41, 5.74) is 5.25. The standard InChI is InChI=1S/C8H17F3N2Si/c9-8(10,11)2-7-14-6-1-4-13-5-3-12/h13H,1-7,12H2. The van der Waals surface area contributed by atoms with E-state index in [2.05, 4.69) is 5.32 Å². The van der Waals surface area contributed by atoms with E-state index < -0.39 is 12.6 Å². The summed E-state index contributed by atoms with van der Waals surface area (Å²) in [7, 11) is 0.426. The minimum absolute atomic E-state index is 0.278. The average Bonchev–Trinajstić information content (AvgIpc) is 2.08. The molecule has 2 radical (unpaired) electrons. The third kappa shape index (κ3) is 11.9. The number of hydrogen-bond donors (Lipinski definition) is 2. The molecule has 0 aromatic carbocycles. The van der Waals surface area contributed by atoms with Crippen molar-refractivity contribution in [2.75, 3.05) is 19.6 Å². The van der Waals surface area contributed by atoms with Crippen LogP contribution in [0.1, 0.15) is 12.8 Å². The highest BCUT2D eigenvalue weighted by atomic mass is 28.2. The van der Waals surface area contributed by atoms with Gasteiger partial charge in [-0.25, -0.2) is 0 Å². The second-order valence-electron chi connectivity index (χ2n) is 3.01. The molecule has 6 heteroatoms. The van der Waals surface area contributed by atoms with E-state index in [1.165, 1.54) is 0 Å². The summed E-state index contributed by atoms with van der Waals surface area (Å²) in [6, 6.07) is 1.16. The Balaban J connectivity index is 2.99. The largest absolute Gasteiger partial charge is 0.388 e. The topological polar surface area (TPSA) is 38.0 Å². The molecule has 2 nitrogen and oxygen atoms in total. The van der Waals surface area contributed by atoms with E-state index in [4.69, 9.17) is 5.73 Å². The number of nitrogens with two attached hydrogens (primary N) is 1. The Morgan fingerprint density at radius 2 is 1.86 bits per heavy atom. The van der Waals surface area contributed by atoms with Crippen molar-refractivity contribution in [1.29, 1.82) is 0 Å². The summed E-state index contributed by atoms with van der Waals surface area (Å²) in [5, 5.41) is 3.10. The normalized spacial score (nSPS) is 12.0. The number of halogens is 3. The van der Waals surface area contributed by atoms with E-state index in [9.17, 15) is 13.2 Å². The van der Waals surface area contributed by atoms with Crippen LogP contribution in [0.25, 0.3) is 0 Å². The molecule has 0 aliphatic rings. The first-order valence-corrected chi connectivity index (χ1v) is 6.16. The predicted molar refractivity (Wildman–Crippen MR) is 52.6 cm³/mol. The van der Waals surface area contributed by atoms with E-state index in [-0.39, 0.29) is 6.04 Å². The Labute approximate surface area is 85.3 Å². The zero-order chi connectivity index (χ0) is 10.9. The van der Waals surface area contributed by atoms with Gasteiger partial charge in [-0.1, -0.05) is 12.1 Å². The van der Waals surface area contributed by atoms with E-state index >= 15 is 0 Å². The van der Waals surface area contributed by atoms with Crippen molar-refractivity contribution in [3.8, 4) is 0 Å². The van der Waals surface area contributed by atoms with Crippen LogP contribution in [0.15, 0.2) is 0 Å².